The second-order valence-corrected chi connectivity index (χ2v) is 10.4. The lowest BCUT2D eigenvalue weighted by atomic mass is 9.79. The van der Waals surface area contributed by atoms with Gasteiger partial charge in [0, 0.05) is 34.0 Å². The Balaban J connectivity index is 1.41. The molecule has 6 atom stereocenters. The van der Waals surface area contributed by atoms with Crippen molar-refractivity contribution in [2.24, 2.45) is 11.8 Å². The predicted molar refractivity (Wildman–Crippen MR) is 122 cm³/mol. The quantitative estimate of drug-likeness (QED) is 0.560. The molecule has 3 N–H and O–H groups in total. The van der Waals surface area contributed by atoms with Crippen molar-refractivity contribution in [2.75, 3.05) is 18.9 Å². The van der Waals surface area contributed by atoms with Gasteiger partial charge in [0.2, 0.25) is 11.8 Å². The van der Waals surface area contributed by atoms with Crippen LogP contribution in [-0.4, -0.2) is 74.8 Å². The van der Waals surface area contributed by atoms with Crippen LogP contribution in [0.25, 0.3) is 0 Å². The summed E-state index contributed by atoms with van der Waals surface area (Å²) in [4.78, 5) is 41.5. The lowest BCUT2D eigenvalue weighted by molar-refractivity contribution is -0.159. The highest BCUT2D eigenvalue weighted by Crippen LogP contribution is 2.51. The summed E-state index contributed by atoms with van der Waals surface area (Å²) in [5.74, 6) is -1.38. The van der Waals surface area contributed by atoms with Crippen LogP contribution < -0.4 is 5.32 Å². The van der Waals surface area contributed by atoms with Crippen molar-refractivity contribution in [3.05, 3.63) is 40.4 Å². The van der Waals surface area contributed by atoms with E-state index < -0.39 is 12.1 Å². The van der Waals surface area contributed by atoms with Gasteiger partial charge < -0.3 is 20.4 Å². The Morgan fingerprint density at radius 2 is 2.03 bits per heavy atom. The number of aliphatic hydroxyl groups is 1. The number of carbonyl (C=O) groups is 3. The van der Waals surface area contributed by atoms with Gasteiger partial charge in [0.05, 0.1) is 29.7 Å². The fraction of sp³-hybridized carbons (Fsp3) is 0.522. The number of nitrogens with one attached hydrogen (secondary N) is 1. The molecule has 0 saturated carbocycles. The second kappa shape index (κ2) is 8.53. The molecule has 2 saturated heterocycles. The van der Waals surface area contributed by atoms with Gasteiger partial charge in [-0.15, -0.1) is 11.8 Å². The number of anilines is 1. The number of aromatic carboxylic acids is 1. The molecule has 0 aromatic heterocycles. The molecule has 3 aliphatic rings. The molecule has 172 valence electrons. The van der Waals surface area contributed by atoms with Gasteiger partial charge >= 0.3 is 5.97 Å². The highest BCUT2D eigenvalue weighted by atomic mass is 32.2. The molecule has 0 radical (unpaired) electrons. The second-order valence-electron chi connectivity index (χ2n) is 9.01. The van der Waals surface area contributed by atoms with Gasteiger partial charge in [0.25, 0.3) is 0 Å². The fourth-order valence-electron chi connectivity index (χ4n) is 5.22. The maximum atomic E-state index is 12.9. The average molecular weight is 460 g/mol. The van der Waals surface area contributed by atoms with Gasteiger partial charge in [-0.25, -0.2) is 4.79 Å². The Morgan fingerprint density at radius 3 is 2.69 bits per heavy atom. The summed E-state index contributed by atoms with van der Waals surface area (Å²) in [6.45, 7) is 6.48. The van der Waals surface area contributed by atoms with E-state index in [0.29, 0.717) is 12.1 Å². The maximum absolute atomic E-state index is 12.9. The number of likely N-dealkylation sites (tertiary alicyclic amines) is 1. The first-order valence-corrected chi connectivity index (χ1v) is 11.7. The summed E-state index contributed by atoms with van der Waals surface area (Å²) >= 11 is 1.74. The minimum atomic E-state index is -1.04. The van der Waals surface area contributed by atoms with Crippen molar-refractivity contribution in [1.29, 1.82) is 0 Å². The zero-order valence-electron chi connectivity index (χ0n) is 18.6. The number of allylic oxidation sites excluding steroid dienone is 1. The number of amides is 2. The number of likely N-dealkylation sites (N-methyl/N-ethyl adjacent to an activating group) is 1. The Hall–Kier alpha value is -2.36. The lowest BCUT2D eigenvalue weighted by Crippen LogP contribution is -2.62. The first-order valence-electron chi connectivity index (χ1n) is 10.8. The number of carbonyl (C=O) groups excluding carboxylic acids is 2. The van der Waals surface area contributed by atoms with Crippen LogP contribution >= 0.6 is 11.8 Å². The molecule has 8 nitrogen and oxygen atoms in total. The Labute approximate surface area is 191 Å². The molecule has 3 heterocycles. The molecule has 32 heavy (non-hydrogen) atoms. The van der Waals surface area contributed by atoms with Crippen LogP contribution in [0, 0.1) is 11.8 Å². The molecular weight excluding hydrogens is 430 g/mol. The monoisotopic (exact) mass is 459 g/mol. The van der Waals surface area contributed by atoms with Crippen molar-refractivity contribution in [1.82, 2.24) is 9.80 Å². The van der Waals surface area contributed by atoms with Crippen molar-refractivity contribution in [2.45, 2.75) is 50.6 Å². The van der Waals surface area contributed by atoms with Crippen molar-refractivity contribution in [3.8, 4) is 0 Å². The molecule has 0 bridgehead atoms. The zero-order valence-corrected chi connectivity index (χ0v) is 19.4. The van der Waals surface area contributed by atoms with Crippen LogP contribution in [0.4, 0.5) is 5.69 Å². The third-order valence-electron chi connectivity index (χ3n) is 6.84. The number of hydrogen-bond donors (Lipinski definition) is 3. The Morgan fingerprint density at radius 1 is 1.31 bits per heavy atom. The minimum absolute atomic E-state index is 0.00524. The van der Waals surface area contributed by atoms with Crippen LogP contribution in [0.2, 0.25) is 0 Å². The first kappa shape index (κ1) is 22.8. The van der Waals surface area contributed by atoms with Gasteiger partial charge in [-0.05, 0) is 45.5 Å². The van der Waals surface area contributed by atoms with E-state index in [4.69, 9.17) is 5.11 Å². The van der Waals surface area contributed by atoms with Gasteiger partial charge in [0.1, 0.15) is 0 Å². The van der Waals surface area contributed by atoms with E-state index in [9.17, 15) is 19.5 Å². The molecule has 0 unspecified atom stereocenters. The normalized spacial score (nSPS) is 30.8. The number of carboxylic acid groups (broad SMARTS) is 1. The van der Waals surface area contributed by atoms with E-state index in [-0.39, 0.29) is 46.5 Å². The Kier molecular flexibility index (Phi) is 6.08. The molecular formula is C23H29N3O5S. The van der Waals surface area contributed by atoms with Crippen molar-refractivity contribution < 1.29 is 24.6 Å². The number of aliphatic hydroxyl groups excluding tert-OH is 1. The van der Waals surface area contributed by atoms with E-state index in [1.54, 1.807) is 30.8 Å². The summed E-state index contributed by atoms with van der Waals surface area (Å²) in [7, 11) is 1.91. The number of benzene rings is 1. The van der Waals surface area contributed by atoms with Crippen molar-refractivity contribution >= 4 is 35.2 Å². The number of nitrogens with zero attached hydrogens (tertiary/aromatic N) is 2. The topological polar surface area (TPSA) is 110 Å². The molecule has 4 rings (SSSR count). The van der Waals surface area contributed by atoms with Gasteiger partial charge in [0.15, 0.2) is 0 Å². The van der Waals surface area contributed by atoms with Crippen LogP contribution in [0.1, 0.15) is 37.6 Å². The molecule has 1 aromatic carbocycles. The zero-order chi connectivity index (χ0) is 23.3. The summed E-state index contributed by atoms with van der Waals surface area (Å²) in [6.07, 6.45) is 0.00164. The first-order chi connectivity index (χ1) is 15.1. The van der Waals surface area contributed by atoms with E-state index in [1.165, 1.54) is 17.0 Å². The number of carboxylic acids is 1. The average Bonchev–Trinajstić information content (AvgIpc) is 3.18. The third kappa shape index (κ3) is 3.82. The minimum Gasteiger partial charge on any atom is -0.478 e. The van der Waals surface area contributed by atoms with Gasteiger partial charge in [-0.3, -0.25) is 14.5 Å². The van der Waals surface area contributed by atoms with E-state index in [1.807, 2.05) is 23.8 Å². The third-order valence-corrected chi connectivity index (χ3v) is 8.43. The molecule has 1 aromatic rings. The molecule has 3 aliphatic heterocycles. The van der Waals surface area contributed by atoms with E-state index >= 15 is 0 Å². The number of fused-ring (bicyclic) bond motifs is 1. The number of rotatable bonds is 6. The largest absolute Gasteiger partial charge is 0.478 e. The summed E-state index contributed by atoms with van der Waals surface area (Å²) in [5.41, 5.74) is 1.56. The highest BCUT2D eigenvalue weighted by molar-refractivity contribution is 8.03. The van der Waals surface area contributed by atoms with Gasteiger partial charge in [-0.2, -0.15) is 0 Å². The van der Waals surface area contributed by atoms with Crippen LogP contribution in [0.3, 0.4) is 0 Å². The molecule has 2 amide bonds. The standard InChI is InChI=1S/C23H29N3O5S/c1-11-19-18(13(3)27)22(29)26(19)12(2)20(11)32-16-9-17(25(4)10-16)21(28)24-15-7-5-6-14(8-15)23(30)31/h5-8,11,13,16-19,27H,9-10H2,1-4H3,(H,24,28)(H,30,31)/t11-,13-,16+,17+,18-,19-/m1/s1. The highest BCUT2D eigenvalue weighted by Gasteiger charge is 2.57. The molecule has 0 spiro atoms. The van der Waals surface area contributed by atoms with Crippen LogP contribution in [-0.2, 0) is 9.59 Å². The number of hydrogen-bond acceptors (Lipinski definition) is 6. The smallest absolute Gasteiger partial charge is 0.335 e. The van der Waals surface area contributed by atoms with E-state index in [2.05, 4.69) is 12.2 Å². The van der Waals surface area contributed by atoms with Crippen LogP contribution in [0.15, 0.2) is 34.9 Å². The predicted octanol–water partition coefficient (Wildman–Crippen LogP) is 2.22. The SMILES string of the molecule is CC1=C(S[C@H]2C[C@@H](C(=O)Nc3cccc(C(=O)O)c3)N(C)C2)[C@H](C)[C@@H]2[C@@H]([C@@H](C)O)C(=O)N12. The van der Waals surface area contributed by atoms with Gasteiger partial charge in [-0.1, -0.05) is 13.0 Å². The Bertz CT molecular complexity index is 994. The number of thioether (sulfide) groups is 1. The van der Waals surface area contributed by atoms with E-state index in [0.717, 1.165) is 12.2 Å². The summed E-state index contributed by atoms with van der Waals surface area (Å²) < 4.78 is 0. The fourth-order valence-corrected chi connectivity index (χ4v) is 6.79. The van der Waals surface area contributed by atoms with Crippen molar-refractivity contribution in [3.63, 3.8) is 0 Å². The maximum Gasteiger partial charge on any atom is 0.335 e. The summed E-state index contributed by atoms with van der Waals surface area (Å²) in [5, 5.41) is 22.2. The summed E-state index contributed by atoms with van der Waals surface area (Å²) in [6, 6.07) is 5.93. The molecule has 9 heteroatoms. The molecule has 2 fully saturated rings. The number of β-lactam (4-membered cyclic amide) rings is 1. The van der Waals surface area contributed by atoms with Crippen LogP contribution in [0.5, 0.6) is 0 Å². The molecule has 0 aliphatic carbocycles. The lowest BCUT2D eigenvalue weighted by Gasteiger charge is -2.46.